The Morgan fingerprint density at radius 1 is 1.36 bits per heavy atom. The lowest BCUT2D eigenvalue weighted by Gasteiger charge is -2.58. The van der Waals surface area contributed by atoms with Crippen LogP contribution in [0.25, 0.3) is 0 Å². The molecule has 1 N–H and O–H groups in total. The molecule has 2 aliphatic carbocycles. The Bertz CT molecular complexity index is 512. The zero-order valence-electron chi connectivity index (χ0n) is 14.3. The van der Waals surface area contributed by atoms with Crippen LogP contribution in [-0.2, 0) is 4.79 Å². The van der Waals surface area contributed by atoms with Crippen molar-refractivity contribution in [2.75, 3.05) is 0 Å². The van der Waals surface area contributed by atoms with E-state index in [1.807, 2.05) is 6.08 Å². The fourth-order valence-corrected chi connectivity index (χ4v) is 5.21. The van der Waals surface area contributed by atoms with Crippen LogP contribution in [0.15, 0.2) is 36.5 Å². The monoisotopic (exact) mass is 302 g/mol. The van der Waals surface area contributed by atoms with Gasteiger partial charge in [0.2, 0.25) is 0 Å². The molecular formula is C20H30O2. The Morgan fingerprint density at radius 2 is 2.05 bits per heavy atom. The topological polar surface area (TPSA) is 37.3 Å². The van der Waals surface area contributed by atoms with Crippen molar-refractivity contribution in [1.82, 2.24) is 0 Å². The first-order chi connectivity index (χ1) is 10.2. The zero-order chi connectivity index (χ0) is 16.5. The third-order valence-electron chi connectivity index (χ3n) is 6.36. The van der Waals surface area contributed by atoms with Gasteiger partial charge in [0.1, 0.15) is 0 Å². The summed E-state index contributed by atoms with van der Waals surface area (Å²) in [4.78, 5) is 11.2. The molecule has 0 aliphatic heterocycles. The van der Waals surface area contributed by atoms with Gasteiger partial charge in [0.25, 0.3) is 0 Å². The number of carboxylic acid groups (broad SMARTS) is 1. The van der Waals surface area contributed by atoms with Crippen LogP contribution < -0.4 is 0 Å². The predicted octanol–water partition coefficient (Wildman–Crippen LogP) is 5.37. The second-order valence-corrected chi connectivity index (χ2v) is 8.05. The molecule has 0 unspecified atom stereocenters. The van der Waals surface area contributed by atoms with Gasteiger partial charge in [0, 0.05) is 0 Å². The van der Waals surface area contributed by atoms with Crippen molar-refractivity contribution in [2.24, 2.45) is 22.7 Å². The van der Waals surface area contributed by atoms with E-state index in [-0.39, 0.29) is 5.41 Å². The van der Waals surface area contributed by atoms with Gasteiger partial charge >= 0.3 is 5.97 Å². The van der Waals surface area contributed by atoms with Crippen LogP contribution in [0.2, 0.25) is 0 Å². The van der Waals surface area contributed by atoms with Gasteiger partial charge in [-0.2, -0.15) is 0 Å². The molecule has 2 aliphatic rings. The highest BCUT2D eigenvalue weighted by molar-refractivity contribution is 5.89. The molecule has 0 aromatic rings. The van der Waals surface area contributed by atoms with Crippen molar-refractivity contribution in [3.05, 3.63) is 36.5 Å². The van der Waals surface area contributed by atoms with E-state index in [9.17, 15) is 9.90 Å². The van der Waals surface area contributed by atoms with Crippen molar-refractivity contribution in [3.8, 4) is 0 Å². The van der Waals surface area contributed by atoms with Gasteiger partial charge in [-0.05, 0) is 54.8 Å². The molecule has 2 fully saturated rings. The maximum Gasteiger partial charge on any atom is 0.335 e. The van der Waals surface area contributed by atoms with Crippen LogP contribution in [0, 0.1) is 22.7 Å². The van der Waals surface area contributed by atoms with Crippen molar-refractivity contribution in [3.63, 3.8) is 0 Å². The van der Waals surface area contributed by atoms with Crippen LogP contribution in [0.3, 0.4) is 0 Å². The Balaban J connectivity index is 2.30. The molecule has 2 rings (SSSR count). The number of hydrogen-bond acceptors (Lipinski definition) is 1. The van der Waals surface area contributed by atoms with Gasteiger partial charge in [-0.1, -0.05) is 58.1 Å². The summed E-state index contributed by atoms with van der Waals surface area (Å²) in [6.07, 6.45) is 10.2. The molecule has 2 saturated carbocycles. The van der Waals surface area contributed by atoms with Crippen LogP contribution in [0.5, 0.6) is 0 Å². The molecule has 3 atom stereocenters. The molecule has 0 heterocycles. The summed E-state index contributed by atoms with van der Waals surface area (Å²) < 4.78 is 0. The lowest BCUT2D eigenvalue weighted by Crippen LogP contribution is -2.49. The summed E-state index contributed by atoms with van der Waals surface area (Å²) in [5.74, 6) is 0.205. The molecular weight excluding hydrogens is 272 g/mol. The summed E-state index contributed by atoms with van der Waals surface area (Å²) in [6.45, 7) is 15.2. The Hall–Kier alpha value is -1.31. The minimum Gasteiger partial charge on any atom is -0.478 e. The second-order valence-electron chi connectivity index (χ2n) is 8.05. The number of fused-ring (bicyclic) bond motifs is 1. The number of rotatable bonds is 4. The molecule has 122 valence electrons. The summed E-state index contributed by atoms with van der Waals surface area (Å²) in [6, 6.07) is 0. The predicted molar refractivity (Wildman–Crippen MR) is 91.6 cm³/mol. The Labute approximate surface area is 135 Å². The highest BCUT2D eigenvalue weighted by Gasteiger charge is 2.52. The first-order valence-corrected chi connectivity index (χ1v) is 8.46. The number of hydrogen-bond donors (Lipinski definition) is 1. The number of aliphatic carboxylic acids is 1. The molecule has 0 amide bonds. The van der Waals surface area contributed by atoms with E-state index in [0.717, 1.165) is 12.8 Å². The summed E-state index contributed by atoms with van der Waals surface area (Å²) in [7, 11) is 0. The van der Waals surface area contributed by atoms with E-state index in [1.54, 1.807) is 0 Å². The van der Waals surface area contributed by atoms with Crippen LogP contribution in [0.4, 0.5) is 0 Å². The third kappa shape index (κ3) is 2.93. The van der Waals surface area contributed by atoms with Crippen molar-refractivity contribution in [1.29, 1.82) is 0 Å². The Morgan fingerprint density at radius 3 is 2.64 bits per heavy atom. The highest BCUT2D eigenvalue weighted by atomic mass is 16.4. The normalized spacial score (nSPS) is 34.9. The van der Waals surface area contributed by atoms with Gasteiger partial charge in [-0.15, -0.1) is 0 Å². The molecule has 2 nitrogen and oxygen atoms in total. The molecule has 0 aromatic heterocycles. The fraction of sp³-hybridized carbons (Fsp3) is 0.650. The van der Waals surface area contributed by atoms with E-state index in [1.165, 1.54) is 37.3 Å². The summed E-state index contributed by atoms with van der Waals surface area (Å²) in [5.41, 5.74) is 2.25. The maximum atomic E-state index is 11.2. The molecule has 22 heavy (non-hydrogen) atoms. The second kappa shape index (κ2) is 6.06. The molecule has 2 heteroatoms. The lowest BCUT2D eigenvalue weighted by molar-refractivity contribution is -0.132. The fourth-order valence-electron chi connectivity index (χ4n) is 5.21. The standard InChI is InChI=1S/C20H30O2/c1-6-15(18(21)22)9-10-16-14(2)8-11-17-19(3,4)12-7-13-20(16,17)5/h6,9,16-17H,1-2,7-8,10-13H2,3-5H3,(H,21,22)/b15-9+/t16-,17-,20+/m0/s1. The minimum absolute atomic E-state index is 0.248. The van der Waals surface area contributed by atoms with Crippen LogP contribution in [-0.4, -0.2) is 11.1 Å². The lowest BCUT2D eigenvalue weighted by atomic mass is 9.47. The SMILES string of the molecule is C=C/C(=C\C[C@H]1C(=C)CC[C@H]2C(C)(C)CCC[C@]12C)C(=O)O. The number of carboxylic acids is 1. The van der Waals surface area contributed by atoms with Gasteiger partial charge in [0.05, 0.1) is 5.57 Å². The quantitative estimate of drug-likeness (QED) is 0.430. The zero-order valence-corrected chi connectivity index (χ0v) is 14.3. The first kappa shape index (κ1) is 17.1. The van der Waals surface area contributed by atoms with Crippen LogP contribution >= 0.6 is 0 Å². The largest absolute Gasteiger partial charge is 0.478 e. The average Bonchev–Trinajstić information content (AvgIpc) is 2.40. The van der Waals surface area contributed by atoms with Crippen molar-refractivity contribution in [2.45, 2.75) is 59.3 Å². The molecule has 0 radical (unpaired) electrons. The summed E-state index contributed by atoms with van der Waals surface area (Å²) in [5, 5.41) is 9.19. The Kier molecular flexibility index (Phi) is 4.70. The maximum absolute atomic E-state index is 11.2. The first-order valence-electron chi connectivity index (χ1n) is 8.46. The van der Waals surface area contributed by atoms with Gasteiger partial charge in [-0.3, -0.25) is 0 Å². The van der Waals surface area contributed by atoms with Gasteiger partial charge in [-0.25, -0.2) is 4.79 Å². The van der Waals surface area contributed by atoms with E-state index >= 15 is 0 Å². The summed E-state index contributed by atoms with van der Waals surface area (Å²) >= 11 is 0. The van der Waals surface area contributed by atoms with Crippen molar-refractivity contribution < 1.29 is 9.90 Å². The van der Waals surface area contributed by atoms with Gasteiger partial charge < -0.3 is 5.11 Å². The number of carbonyl (C=O) groups is 1. The number of allylic oxidation sites excluding steroid dienone is 2. The van der Waals surface area contributed by atoms with Gasteiger partial charge in [0.15, 0.2) is 0 Å². The van der Waals surface area contributed by atoms with E-state index in [2.05, 4.69) is 33.9 Å². The van der Waals surface area contributed by atoms with E-state index in [4.69, 9.17) is 0 Å². The minimum atomic E-state index is -0.887. The molecule has 0 spiro atoms. The van der Waals surface area contributed by atoms with E-state index in [0.29, 0.717) is 22.8 Å². The third-order valence-corrected chi connectivity index (χ3v) is 6.36. The van der Waals surface area contributed by atoms with Crippen LogP contribution in [0.1, 0.15) is 59.3 Å². The average molecular weight is 302 g/mol. The van der Waals surface area contributed by atoms with E-state index < -0.39 is 5.97 Å². The molecule has 0 saturated heterocycles. The highest BCUT2D eigenvalue weighted by Crippen LogP contribution is 2.61. The smallest absolute Gasteiger partial charge is 0.335 e. The van der Waals surface area contributed by atoms with Crippen molar-refractivity contribution >= 4 is 5.97 Å². The molecule has 0 aromatic carbocycles. The molecule has 0 bridgehead atoms.